The van der Waals surface area contributed by atoms with Gasteiger partial charge in [0.2, 0.25) is 0 Å². The number of carbonyl (C=O) groups excluding carboxylic acids is 1. The van der Waals surface area contributed by atoms with Gasteiger partial charge >= 0.3 is 0 Å². The van der Waals surface area contributed by atoms with E-state index in [-0.39, 0.29) is 17.4 Å². The predicted molar refractivity (Wildman–Crippen MR) is 76.9 cm³/mol. The van der Waals surface area contributed by atoms with Crippen molar-refractivity contribution < 1.29 is 4.79 Å². The standard InChI is InChI=1S/C16H22N2O/c1-5-12(10-11-17)18-15(19)13-8-6-7-9-14(13)16(2,3)4/h6-9,12H,5,10H2,1-4H3,(H,18,19). The smallest absolute Gasteiger partial charge is 0.251 e. The Kier molecular flexibility index (Phi) is 5.11. The summed E-state index contributed by atoms with van der Waals surface area (Å²) in [6.45, 7) is 8.24. The van der Waals surface area contributed by atoms with Crippen LogP contribution in [0.15, 0.2) is 24.3 Å². The van der Waals surface area contributed by atoms with Crippen molar-refractivity contribution in [2.45, 2.75) is 52.0 Å². The second-order valence-electron chi connectivity index (χ2n) is 5.74. The highest BCUT2D eigenvalue weighted by molar-refractivity contribution is 5.96. The quantitative estimate of drug-likeness (QED) is 0.899. The molecule has 0 heterocycles. The van der Waals surface area contributed by atoms with E-state index < -0.39 is 0 Å². The van der Waals surface area contributed by atoms with Crippen molar-refractivity contribution in [3.63, 3.8) is 0 Å². The third-order valence-corrected chi connectivity index (χ3v) is 3.15. The van der Waals surface area contributed by atoms with E-state index in [0.29, 0.717) is 12.0 Å². The maximum Gasteiger partial charge on any atom is 0.251 e. The third kappa shape index (κ3) is 4.10. The van der Waals surface area contributed by atoms with E-state index in [1.807, 2.05) is 31.2 Å². The lowest BCUT2D eigenvalue weighted by atomic mass is 9.83. The van der Waals surface area contributed by atoms with Crippen LogP contribution < -0.4 is 5.32 Å². The average molecular weight is 258 g/mol. The number of carbonyl (C=O) groups is 1. The molecule has 1 atom stereocenters. The summed E-state index contributed by atoms with van der Waals surface area (Å²) in [4.78, 5) is 12.3. The molecule has 102 valence electrons. The Hall–Kier alpha value is -1.82. The molecule has 0 fully saturated rings. The largest absolute Gasteiger partial charge is 0.348 e. The molecule has 0 spiro atoms. The third-order valence-electron chi connectivity index (χ3n) is 3.15. The molecule has 0 radical (unpaired) electrons. The Morgan fingerprint density at radius 1 is 1.37 bits per heavy atom. The van der Waals surface area contributed by atoms with Gasteiger partial charge in [-0.05, 0) is 23.5 Å². The summed E-state index contributed by atoms with van der Waals surface area (Å²) in [5, 5.41) is 11.7. The van der Waals surface area contributed by atoms with Crippen LogP contribution in [0.25, 0.3) is 0 Å². The van der Waals surface area contributed by atoms with E-state index >= 15 is 0 Å². The fourth-order valence-corrected chi connectivity index (χ4v) is 2.01. The van der Waals surface area contributed by atoms with Crippen molar-refractivity contribution >= 4 is 5.91 Å². The molecule has 3 heteroatoms. The monoisotopic (exact) mass is 258 g/mol. The van der Waals surface area contributed by atoms with E-state index in [9.17, 15) is 4.79 Å². The predicted octanol–water partition coefficient (Wildman–Crippen LogP) is 3.41. The van der Waals surface area contributed by atoms with Gasteiger partial charge in [-0.1, -0.05) is 45.9 Å². The molecule has 0 aliphatic rings. The first-order valence-electron chi connectivity index (χ1n) is 6.67. The van der Waals surface area contributed by atoms with Crippen LogP contribution >= 0.6 is 0 Å². The Morgan fingerprint density at radius 3 is 2.53 bits per heavy atom. The first-order valence-corrected chi connectivity index (χ1v) is 6.67. The number of hydrogen-bond donors (Lipinski definition) is 1. The van der Waals surface area contributed by atoms with Gasteiger partial charge in [0.15, 0.2) is 0 Å². The van der Waals surface area contributed by atoms with Crippen molar-refractivity contribution in [1.82, 2.24) is 5.32 Å². The minimum absolute atomic E-state index is 0.0782. The lowest BCUT2D eigenvalue weighted by Crippen LogP contribution is -2.35. The summed E-state index contributed by atoms with van der Waals surface area (Å²) in [6.07, 6.45) is 1.11. The Bertz CT molecular complexity index is 480. The molecule has 1 rings (SSSR count). The van der Waals surface area contributed by atoms with Crippen LogP contribution in [0.2, 0.25) is 0 Å². The van der Waals surface area contributed by atoms with Gasteiger partial charge in [0.25, 0.3) is 5.91 Å². The zero-order chi connectivity index (χ0) is 14.5. The van der Waals surface area contributed by atoms with Crippen molar-refractivity contribution in [2.75, 3.05) is 0 Å². The second kappa shape index (κ2) is 6.38. The Morgan fingerprint density at radius 2 is 2.00 bits per heavy atom. The number of nitrogens with one attached hydrogen (secondary N) is 1. The van der Waals surface area contributed by atoms with Gasteiger partial charge in [0.05, 0.1) is 12.5 Å². The van der Waals surface area contributed by atoms with Gasteiger partial charge in [-0.2, -0.15) is 5.26 Å². The van der Waals surface area contributed by atoms with Gasteiger partial charge in [0, 0.05) is 11.6 Å². The van der Waals surface area contributed by atoms with Crippen LogP contribution in [0, 0.1) is 11.3 Å². The van der Waals surface area contributed by atoms with Gasteiger partial charge in [-0.3, -0.25) is 4.79 Å². The second-order valence-corrected chi connectivity index (χ2v) is 5.74. The summed E-state index contributed by atoms with van der Waals surface area (Å²) in [5.41, 5.74) is 1.65. The van der Waals surface area contributed by atoms with E-state index in [0.717, 1.165) is 12.0 Å². The zero-order valence-electron chi connectivity index (χ0n) is 12.2. The summed E-state index contributed by atoms with van der Waals surface area (Å²) in [5.74, 6) is -0.0902. The number of benzene rings is 1. The van der Waals surface area contributed by atoms with E-state index in [1.165, 1.54) is 0 Å². The van der Waals surface area contributed by atoms with E-state index in [1.54, 1.807) is 0 Å². The van der Waals surface area contributed by atoms with Gasteiger partial charge < -0.3 is 5.32 Å². The number of nitrogens with zero attached hydrogens (tertiary/aromatic N) is 1. The summed E-state index contributed by atoms with van der Waals surface area (Å²) in [7, 11) is 0. The molecule has 0 saturated heterocycles. The fourth-order valence-electron chi connectivity index (χ4n) is 2.01. The van der Waals surface area contributed by atoms with Crippen LogP contribution in [-0.4, -0.2) is 11.9 Å². The molecule has 0 aromatic heterocycles. The molecule has 1 N–H and O–H groups in total. The molecule has 0 aliphatic heterocycles. The first-order chi connectivity index (χ1) is 8.90. The molecule has 19 heavy (non-hydrogen) atoms. The molecule has 0 saturated carbocycles. The van der Waals surface area contributed by atoms with Crippen molar-refractivity contribution in [3.8, 4) is 6.07 Å². The van der Waals surface area contributed by atoms with Gasteiger partial charge in [-0.15, -0.1) is 0 Å². The van der Waals surface area contributed by atoms with Crippen LogP contribution in [0.4, 0.5) is 0 Å². The maximum atomic E-state index is 12.3. The Labute approximate surface area is 115 Å². The zero-order valence-corrected chi connectivity index (χ0v) is 12.2. The maximum absolute atomic E-state index is 12.3. The van der Waals surface area contributed by atoms with E-state index in [2.05, 4.69) is 32.2 Å². The molecule has 1 unspecified atom stereocenters. The van der Waals surface area contributed by atoms with Crippen LogP contribution in [0.3, 0.4) is 0 Å². The van der Waals surface area contributed by atoms with Crippen LogP contribution in [0.1, 0.15) is 56.5 Å². The summed E-state index contributed by atoms with van der Waals surface area (Å²) in [6, 6.07) is 9.67. The van der Waals surface area contributed by atoms with Crippen molar-refractivity contribution in [1.29, 1.82) is 5.26 Å². The van der Waals surface area contributed by atoms with Crippen LogP contribution in [0.5, 0.6) is 0 Å². The summed E-state index contributed by atoms with van der Waals surface area (Å²) < 4.78 is 0. The first kappa shape index (κ1) is 15.2. The molecule has 1 aromatic carbocycles. The highest BCUT2D eigenvalue weighted by atomic mass is 16.1. The molecule has 3 nitrogen and oxygen atoms in total. The summed E-state index contributed by atoms with van der Waals surface area (Å²) >= 11 is 0. The topological polar surface area (TPSA) is 52.9 Å². The van der Waals surface area contributed by atoms with Gasteiger partial charge in [0.1, 0.15) is 0 Å². The average Bonchev–Trinajstić information content (AvgIpc) is 2.37. The van der Waals surface area contributed by atoms with Crippen molar-refractivity contribution in [2.24, 2.45) is 0 Å². The molecule has 0 aliphatic carbocycles. The highest BCUT2D eigenvalue weighted by Crippen LogP contribution is 2.25. The minimum Gasteiger partial charge on any atom is -0.348 e. The highest BCUT2D eigenvalue weighted by Gasteiger charge is 2.22. The molecular formula is C16H22N2O. The molecule has 1 aromatic rings. The molecule has 0 bridgehead atoms. The Balaban J connectivity index is 2.98. The minimum atomic E-state index is -0.0902. The number of hydrogen-bond acceptors (Lipinski definition) is 2. The van der Waals surface area contributed by atoms with Crippen LogP contribution in [-0.2, 0) is 5.41 Å². The lowest BCUT2D eigenvalue weighted by Gasteiger charge is -2.23. The normalized spacial score (nSPS) is 12.6. The number of rotatable bonds is 4. The SMILES string of the molecule is CCC(CC#N)NC(=O)c1ccccc1C(C)(C)C. The number of amides is 1. The molecular weight excluding hydrogens is 236 g/mol. The fraction of sp³-hybridized carbons (Fsp3) is 0.500. The number of nitriles is 1. The lowest BCUT2D eigenvalue weighted by molar-refractivity contribution is 0.0934. The van der Waals surface area contributed by atoms with E-state index in [4.69, 9.17) is 5.26 Å². The van der Waals surface area contributed by atoms with Crippen molar-refractivity contribution in [3.05, 3.63) is 35.4 Å². The molecule has 1 amide bonds. The van der Waals surface area contributed by atoms with Gasteiger partial charge in [-0.25, -0.2) is 0 Å².